The first-order valence-electron chi connectivity index (χ1n) is 7.50. The van der Waals surface area contributed by atoms with Gasteiger partial charge in [-0.15, -0.1) is 0 Å². The van der Waals surface area contributed by atoms with E-state index in [1.54, 1.807) is 0 Å². The van der Waals surface area contributed by atoms with Crippen molar-refractivity contribution in [2.75, 3.05) is 32.0 Å². The zero-order valence-corrected chi connectivity index (χ0v) is 11.6. The van der Waals surface area contributed by atoms with Crippen molar-refractivity contribution < 1.29 is 4.74 Å². The maximum Gasteiger partial charge on any atom is 0.0594 e. The van der Waals surface area contributed by atoms with Crippen molar-refractivity contribution in [1.82, 2.24) is 4.90 Å². The van der Waals surface area contributed by atoms with E-state index in [9.17, 15) is 0 Å². The van der Waals surface area contributed by atoms with E-state index >= 15 is 0 Å². The smallest absolute Gasteiger partial charge is 0.0594 e. The zero-order valence-electron chi connectivity index (χ0n) is 11.6. The summed E-state index contributed by atoms with van der Waals surface area (Å²) in [6.07, 6.45) is 5.28. The van der Waals surface area contributed by atoms with Crippen molar-refractivity contribution in [2.24, 2.45) is 0 Å². The minimum absolute atomic E-state index is 0.734. The van der Waals surface area contributed by atoms with Gasteiger partial charge in [-0.1, -0.05) is 12.1 Å². The Balaban J connectivity index is 1.55. The molecule has 3 nitrogen and oxygen atoms in total. The molecular formula is C16H24N2O. The van der Waals surface area contributed by atoms with Crippen LogP contribution in [-0.4, -0.2) is 37.2 Å². The Labute approximate surface area is 115 Å². The monoisotopic (exact) mass is 260 g/mol. The minimum atomic E-state index is 0.734. The number of anilines is 1. The summed E-state index contributed by atoms with van der Waals surface area (Å²) >= 11 is 0. The molecule has 0 unspecified atom stereocenters. The number of rotatable bonds is 2. The van der Waals surface area contributed by atoms with Gasteiger partial charge in [-0.05, 0) is 49.3 Å². The lowest BCUT2D eigenvalue weighted by Crippen LogP contribution is -2.44. The summed E-state index contributed by atoms with van der Waals surface area (Å²) in [5.74, 6) is 0.734. The molecule has 0 atom stereocenters. The van der Waals surface area contributed by atoms with Crippen LogP contribution in [0.1, 0.15) is 37.2 Å². The van der Waals surface area contributed by atoms with Gasteiger partial charge in [0.05, 0.1) is 13.2 Å². The molecule has 1 saturated heterocycles. The van der Waals surface area contributed by atoms with Gasteiger partial charge < -0.3 is 10.5 Å². The van der Waals surface area contributed by atoms with E-state index in [-0.39, 0.29) is 0 Å². The van der Waals surface area contributed by atoms with Crippen molar-refractivity contribution in [2.45, 2.75) is 37.6 Å². The molecule has 0 spiro atoms. The Bertz CT molecular complexity index is 390. The summed E-state index contributed by atoms with van der Waals surface area (Å²) in [5.41, 5.74) is 8.09. The third-order valence-electron chi connectivity index (χ3n) is 4.67. The second kappa shape index (κ2) is 5.93. The van der Waals surface area contributed by atoms with Crippen LogP contribution in [0.5, 0.6) is 0 Å². The highest BCUT2D eigenvalue weighted by atomic mass is 16.5. The minimum Gasteiger partial charge on any atom is -0.399 e. The van der Waals surface area contributed by atoms with Crippen molar-refractivity contribution in [3.63, 3.8) is 0 Å². The largest absolute Gasteiger partial charge is 0.399 e. The van der Waals surface area contributed by atoms with Crippen LogP contribution in [0.2, 0.25) is 0 Å². The van der Waals surface area contributed by atoms with Crippen molar-refractivity contribution in [1.29, 1.82) is 0 Å². The predicted molar refractivity (Wildman–Crippen MR) is 78.2 cm³/mol. The predicted octanol–water partition coefficient (Wildman–Crippen LogP) is 2.63. The van der Waals surface area contributed by atoms with Gasteiger partial charge in [-0.2, -0.15) is 0 Å². The van der Waals surface area contributed by atoms with Crippen LogP contribution in [0.4, 0.5) is 5.69 Å². The van der Waals surface area contributed by atoms with E-state index < -0.39 is 0 Å². The van der Waals surface area contributed by atoms with Crippen LogP contribution in [0, 0.1) is 0 Å². The number of nitrogens with two attached hydrogens (primary N) is 1. The lowest BCUT2D eigenvalue weighted by atomic mass is 9.81. The van der Waals surface area contributed by atoms with Crippen molar-refractivity contribution in [3.05, 3.63) is 29.8 Å². The lowest BCUT2D eigenvalue weighted by Gasteiger charge is -2.38. The Morgan fingerprint density at radius 1 is 0.947 bits per heavy atom. The third-order valence-corrected chi connectivity index (χ3v) is 4.67. The summed E-state index contributed by atoms with van der Waals surface area (Å²) in [7, 11) is 0. The summed E-state index contributed by atoms with van der Waals surface area (Å²) in [4.78, 5) is 2.63. The molecule has 1 aliphatic heterocycles. The fraction of sp³-hybridized carbons (Fsp3) is 0.625. The van der Waals surface area contributed by atoms with Gasteiger partial charge in [0.25, 0.3) is 0 Å². The molecule has 1 aliphatic carbocycles. The number of hydrogen-bond acceptors (Lipinski definition) is 3. The number of nitrogens with zero attached hydrogens (tertiary/aromatic N) is 1. The summed E-state index contributed by atoms with van der Waals surface area (Å²) in [5, 5.41) is 0. The maximum atomic E-state index is 5.76. The zero-order chi connectivity index (χ0) is 13.1. The van der Waals surface area contributed by atoms with Crippen LogP contribution in [-0.2, 0) is 4.74 Å². The molecule has 2 fully saturated rings. The first-order chi connectivity index (χ1) is 9.33. The normalized spacial score (nSPS) is 29.3. The van der Waals surface area contributed by atoms with Crippen LogP contribution >= 0.6 is 0 Å². The summed E-state index contributed by atoms with van der Waals surface area (Å²) in [6, 6.07) is 9.26. The number of hydrogen-bond donors (Lipinski definition) is 1. The Morgan fingerprint density at radius 3 is 2.21 bits per heavy atom. The van der Waals surface area contributed by atoms with E-state index in [1.807, 2.05) is 12.1 Å². The third kappa shape index (κ3) is 3.10. The lowest BCUT2D eigenvalue weighted by molar-refractivity contribution is 0.00730. The maximum absolute atomic E-state index is 5.76. The van der Waals surface area contributed by atoms with E-state index in [2.05, 4.69) is 17.0 Å². The number of nitrogen functional groups attached to an aromatic ring is 1. The summed E-state index contributed by atoms with van der Waals surface area (Å²) < 4.78 is 5.44. The highest BCUT2D eigenvalue weighted by Gasteiger charge is 2.27. The van der Waals surface area contributed by atoms with Crippen LogP contribution < -0.4 is 5.73 Å². The highest BCUT2D eigenvalue weighted by molar-refractivity contribution is 5.40. The molecule has 0 amide bonds. The van der Waals surface area contributed by atoms with Crippen molar-refractivity contribution >= 4 is 5.69 Å². The molecule has 3 heteroatoms. The first kappa shape index (κ1) is 12.9. The molecule has 104 valence electrons. The molecule has 0 radical (unpaired) electrons. The van der Waals surface area contributed by atoms with Crippen molar-refractivity contribution in [3.8, 4) is 0 Å². The first-order valence-corrected chi connectivity index (χ1v) is 7.50. The van der Waals surface area contributed by atoms with Gasteiger partial charge in [0.15, 0.2) is 0 Å². The van der Waals surface area contributed by atoms with Crippen LogP contribution in [0.15, 0.2) is 24.3 Å². The number of morpholine rings is 1. The molecule has 1 aromatic rings. The van der Waals surface area contributed by atoms with Crippen LogP contribution in [0.3, 0.4) is 0 Å². The van der Waals surface area contributed by atoms with Gasteiger partial charge in [0, 0.05) is 24.8 Å². The van der Waals surface area contributed by atoms with Gasteiger partial charge in [0.2, 0.25) is 0 Å². The molecule has 0 aromatic heterocycles. The number of ether oxygens (including phenoxy) is 1. The topological polar surface area (TPSA) is 38.5 Å². The average Bonchev–Trinajstić information content (AvgIpc) is 2.49. The number of benzene rings is 1. The molecule has 1 saturated carbocycles. The molecule has 1 aromatic carbocycles. The quantitative estimate of drug-likeness (QED) is 0.831. The fourth-order valence-electron chi connectivity index (χ4n) is 3.49. The average molecular weight is 260 g/mol. The summed E-state index contributed by atoms with van der Waals surface area (Å²) in [6.45, 7) is 4.07. The van der Waals surface area contributed by atoms with E-state index in [4.69, 9.17) is 10.5 Å². The fourth-order valence-corrected chi connectivity index (χ4v) is 3.49. The molecule has 1 heterocycles. The van der Waals surface area contributed by atoms with E-state index in [0.717, 1.165) is 44.0 Å². The molecule has 2 aliphatic rings. The molecule has 3 rings (SSSR count). The standard InChI is InChI=1S/C16H24N2O/c17-15-5-1-13(2-6-15)14-3-7-16(8-4-14)18-9-11-19-12-10-18/h1-2,5-6,14,16H,3-4,7-12,17H2. The van der Waals surface area contributed by atoms with E-state index in [1.165, 1.54) is 31.2 Å². The van der Waals surface area contributed by atoms with E-state index in [0.29, 0.717) is 0 Å². The molecule has 2 N–H and O–H groups in total. The second-order valence-electron chi connectivity index (χ2n) is 5.82. The van der Waals surface area contributed by atoms with Gasteiger partial charge >= 0.3 is 0 Å². The molecule has 0 bridgehead atoms. The van der Waals surface area contributed by atoms with Gasteiger partial charge in [-0.3, -0.25) is 4.90 Å². The molecule has 19 heavy (non-hydrogen) atoms. The van der Waals surface area contributed by atoms with Gasteiger partial charge in [-0.25, -0.2) is 0 Å². The Kier molecular flexibility index (Phi) is 4.04. The highest BCUT2D eigenvalue weighted by Crippen LogP contribution is 2.35. The Morgan fingerprint density at radius 2 is 1.58 bits per heavy atom. The SMILES string of the molecule is Nc1ccc(C2CCC(N3CCOCC3)CC2)cc1. The molecular weight excluding hydrogens is 236 g/mol. The Hall–Kier alpha value is -1.06. The van der Waals surface area contributed by atoms with Crippen LogP contribution in [0.25, 0.3) is 0 Å². The second-order valence-corrected chi connectivity index (χ2v) is 5.82. The van der Waals surface area contributed by atoms with Gasteiger partial charge in [0.1, 0.15) is 0 Å².